The minimum Gasteiger partial charge on any atom is -0.426 e. The normalized spacial score (nSPS) is 12.5. The van der Waals surface area contributed by atoms with Crippen LogP contribution in [0.15, 0.2) is 12.2 Å². The van der Waals surface area contributed by atoms with E-state index in [2.05, 4.69) is 16.4 Å². The van der Waals surface area contributed by atoms with Gasteiger partial charge in [-0.25, -0.2) is 24.3 Å². The summed E-state index contributed by atoms with van der Waals surface area (Å²) < 4.78 is 5.13. The molecule has 0 spiro atoms. The van der Waals surface area contributed by atoms with Crippen LogP contribution in [0.4, 0.5) is 4.79 Å². The molecule has 134 valence electrons. The van der Waals surface area contributed by atoms with E-state index in [1.165, 1.54) is 6.92 Å². The Morgan fingerprint density at radius 3 is 1.83 bits per heavy atom. The summed E-state index contributed by atoms with van der Waals surface area (Å²) in [6.07, 6.45) is -0.809. The summed E-state index contributed by atoms with van der Waals surface area (Å²) in [5.74, 6) is -0.845. The molecule has 0 aromatic heterocycles. The van der Waals surface area contributed by atoms with Crippen LogP contribution in [0.1, 0.15) is 61.8 Å². The first kappa shape index (κ1) is 21.4. The number of carbonyl (C=O) groups excluding carboxylic acids is 2. The van der Waals surface area contributed by atoms with Crippen molar-refractivity contribution < 1.29 is 33.9 Å². The zero-order valence-electron chi connectivity index (χ0n) is 15.3. The summed E-state index contributed by atoms with van der Waals surface area (Å²) in [7, 11) is 0. The lowest BCUT2D eigenvalue weighted by Crippen LogP contribution is -2.40. The van der Waals surface area contributed by atoms with Gasteiger partial charge >= 0.3 is 12.1 Å². The monoisotopic (exact) mass is 332 g/mol. The number of hydrogen-bond donors (Lipinski definition) is 0. The molecule has 0 aromatic carbocycles. The third-order valence-corrected chi connectivity index (χ3v) is 2.26. The highest BCUT2D eigenvalue weighted by molar-refractivity contribution is 5.86. The van der Waals surface area contributed by atoms with E-state index in [9.17, 15) is 9.59 Å². The van der Waals surface area contributed by atoms with Crippen molar-refractivity contribution in [3.8, 4) is 0 Å². The molecule has 7 nitrogen and oxygen atoms in total. The van der Waals surface area contributed by atoms with E-state index >= 15 is 0 Å². The van der Waals surface area contributed by atoms with Crippen molar-refractivity contribution in [3.05, 3.63) is 12.2 Å². The van der Waals surface area contributed by atoms with Gasteiger partial charge in [-0.1, -0.05) is 6.58 Å². The molecule has 0 N–H and O–H groups in total. The fourth-order valence-corrected chi connectivity index (χ4v) is 1.71. The number of ether oxygens (including phenoxy) is 1. The van der Waals surface area contributed by atoms with Gasteiger partial charge in [0, 0.05) is 12.0 Å². The molecule has 0 aliphatic rings. The smallest absolute Gasteiger partial charge is 0.426 e. The topological polar surface area (TPSA) is 80.3 Å². The maximum Gasteiger partial charge on any atom is 0.550 e. The van der Waals surface area contributed by atoms with Crippen molar-refractivity contribution in [2.75, 3.05) is 0 Å². The average Bonchev–Trinajstić information content (AvgIpc) is 2.30. The molecule has 0 bridgehead atoms. The summed E-state index contributed by atoms with van der Waals surface area (Å²) in [5, 5.41) is 0. The molecule has 0 saturated heterocycles. The lowest BCUT2D eigenvalue weighted by Gasteiger charge is -2.34. The third-order valence-electron chi connectivity index (χ3n) is 2.26. The quantitative estimate of drug-likeness (QED) is 0.316. The van der Waals surface area contributed by atoms with Gasteiger partial charge in [0.25, 0.3) is 0 Å². The van der Waals surface area contributed by atoms with Crippen LogP contribution in [-0.4, -0.2) is 28.9 Å². The van der Waals surface area contributed by atoms with Gasteiger partial charge in [0.15, 0.2) is 0 Å². The lowest BCUT2D eigenvalue weighted by atomic mass is 9.92. The maximum absolute atomic E-state index is 11.6. The van der Waals surface area contributed by atoms with Gasteiger partial charge in [0.05, 0.1) is 5.60 Å². The van der Waals surface area contributed by atoms with Gasteiger partial charge in [0.1, 0.15) is 11.2 Å². The first-order chi connectivity index (χ1) is 10.1. The zero-order chi connectivity index (χ0) is 18.5. The van der Waals surface area contributed by atoms with Crippen molar-refractivity contribution in [2.24, 2.45) is 0 Å². The summed E-state index contributed by atoms with van der Waals surface area (Å²) in [6, 6.07) is 0. The van der Waals surface area contributed by atoms with Gasteiger partial charge in [-0.05, 0) is 55.4 Å². The Hall–Kier alpha value is -1.60. The number of carbonyl (C=O) groups is 2. The molecule has 0 heterocycles. The summed E-state index contributed by atoms with van der Waals surface area (Å²) in [6.45, 7) is 17.3. The van der Waals surface area contributed by atoms with E-state index in [0.717, 1.165) is 0 Å². The average molecular weight is 332 g/mol. The summed E-state index contributed by atoms with van der Waals surface area (Å²) in [5.41, 5.74) is -2.01. The maximum atomic E-state index is 11.6. The molecule has 0 aliphatic heterocycles. The van der Waals surface area contributed by atoms with E-state index in [-0.39, 0.29) is 5.57 Å². The molecule has 23 heavy (non-hydrogen) atoms. The molecular weight excluding hydrogens is 304 g/mol. The first-order valence-electron chi connectivity index (χ1n) is 7.28. The molecule has 0 radical (unpaired) electrons. The van der Waals surface area contributed by atoms with Gasteiger partial charge in [0.2, 0.25) is 0 Å². The lowest BCUT2D eigenvalue weighted by molar-refractivity contribution is -0.401. The summed E-state index contributed by atoms with van der Waals surface area (Å²) in [4.78, 5) is 42.0. The van der Waals surface area contributed by atoms with Crippen LogP contribution in [0.25, 0.3) is 0 Å². The van der Waals surface area contributed by atoms with Crippen molar-refractivity contribution in [3.63, 3.8) is 0 Å². The second kappa shape index (κ2) is 7.79. The Kier molecular flexibility index (Phi) is 7.25. The fourth-order valence-electron chi connectivity index (χ4n) is 1.71. The predicted octanol–water partition coefficient (Wildman–Crippen LogP) is 3.87. The Balaban J connectivity index is 4.48. The molecule has 0 aliphatic carbocycles. The second-order valence-electron chi connectivity index (χ2n) is 7.56. The summed E-state index contributed by atoms with van der Waals surface area (Å²) >= 11 is 0. The molecule has 7 heteroatoms. The minimum absolute atomic E-state index is 0.103. The SMILES string of the molecule is C=C(C)C(=O)OOC(=O)OC(C)(C)CC(C)(C)OOC(C)(C)C. The van der Waals surface area contributed by atoms with Crippen molar-refractivity contribution in [2.45, 2.75) is 78.6 Å². The van der Waals surface area contributed by atoms with Gasteiger partial charge in [-0.2, -0.15) is 4.79 Å². The van der Waals surface area contributed by atoms with Gasteiger partial charge < -0.3 is 4.74 Å². The van der Waals surface area contributed by atoms with E-state index < -0.39 is 28.9 Å². The number of rotatable bonds is 6. The van der Waals surface area contributed by atoms with E-state index in [4.69, 9.17) is 14.5 Å². The highest BCUT2D eigenvalue weighted by atomic mass is 17.2. The standard InChI is InChI=1S/C16H28O7/c1-11(2)12(17)20-21-13(18)19-15(6,7)10-16(8,9)23-22-14(3,4)5/h1,10H2,2-9H3. The van der Waals surface area contributed by atoms with E-state index in [1.807, 2.05) is 20.8 Å². The minimum atomic E-state index is -1.13. The van der Waals surface area contributed by atoms with Gasteiger partial charge in [-0.15, -0.1) is 0 Å². The highest BCUT2D eigenvalue weighted by Gasteiger charge is 2.35. The first-order valence-corrected chi connectivity index (χ1v) is 7.28. The Morgan fingerprint density at radius 1 is 0.870 bits per heavy atom. The molecule has 0 unspecified atom stereocenters. The Morgan fingerprint density at radius 2 is 1.39 bits per heavy atom. The van der Waals surface area contributed by atoms with E-state index in [1.54, 1.807) is 27.7 Å². The van der Waals surface area contributed by atoms with Crippen molar-refractivity contribution in [1.82, 2.24) is 0 Å². The van der Waals surface area contributed by atoms with Crippen molar-refractivity contribution in [1.29, 1.82) is 0 Å². The molecular formula is C16H28O7. The molecule has 0 amide bonds. The van der Waals surface area contributed by atoms with Crippen LogP contribution in [-0.2, 0) is 29.1 Å². The molecule has 0 atom stereocenters. The van der Waals surface area contributed by atoms with Crippen LogP contribution < -0.4 is 0 Å². The van der Waals surface area contributed by atoms with Crippen molar-refractivity contribution >= 4 is 12.1 Å². The largest absolute Gasteiger partial charge is 0.550 e. The third kappa shape index (κ3) is 10.7. The molecule has 0 aromatic rings. The fraction of sp³-hybridized carbons (Fsp3) is 0.750. The second-order valence-corrected chi connectivity index (χ2v) is 7.56. The molecule has 0 rings (SSSR count). The highest BCUT2D eigenvalue weighted by Crippen LogP contribution is 2.28. The van der Waals surface area contributed by atoms with Crippen LogP contribution in [0, 0.1) is 0 Å². The molecule has 0 saturated carbocycles. The van der Waals surface area contributed by atoms with Crippen LogP contribution in [0.5, 0.6) is 0 Å². The Labute approximate surface area is 137 Å². The van der Waals surface area contributed by atoms with Crippen LogP contribution >= 0.6 is 0 Å². The van der Waals surface area contributed by atoms with Crippen LogP contribution in [0.2, 0.25) is 0 Å². The van der Waals surface area contributed by atoms with E-state index in [0.29, 0.717) is 6.42 Å². The van der Waals surface area contributed by atoms with Gasteiger partial charge in [-0.3, -0.25) is 0 Å². The van der Waals surface area contributed by atoms with Crippen LogP contribution in [0.3, 0.4) is 0 Å². The molecule has 0 fully saturated rings. The zero-order valence-corrected chi connectivity index (χ0v) is 15.3. The number of hydrogen-bond acceptors (Lipinski definition) is 7. The Bertz CT molecular complexity index is 444. The predicted molar refractivity (Wildman–Crippen MR) is 83.2 cm³/mol.